The number of halogens is 2. The number of amides is 1. The Morgan fingerprint density at radius 3 is 2.25 bits per heavy atom. The van der Waals surface area contributed by atoms with E-state index in [9.17, 15) is 4.79 Å². The average Bonchev–Trinajstić information content (AvgIpc) is 2.64. The summed E-state index contributed by atoms with van der Waals surface area (Å²) in [5.41, 5.74) is 6.09. The van der Waals surface area contributed by atoms with Crippen LogP contribution >= 0.6 is 36.2 Å². The standard InChI is InChI=1S/C13H23N3OS.2ClH/c1-12(2,3)11-15-9(7-18-11)6-10(17)16-13(4,5)8-14;;/h7H,6,8,14H2,1-5H3,(H,16,17);2*1H. The van der Waals surface area contributed by atoms with E-state index in [1.807, 2.05) is 19.2 Å². The lowest BCUT2D eigenvalue weighted by Gasteiger charge is -2.23. The Morgan fingerprint density at radius 2 is 1.85 bits per heavy atom. The molecule has 0 aliphatic carbocycles. The molecule has 4 nitrogen and oxygen atoms in total. The molecule has 3 N–H and O–H groups in total. The van der Waals surface area contributed by atoms with Crippen molar-refractivity contribution in [2.45, 2.75) is 52.0 Å². The van der Waals surface area contributed by atoms with Gasteiger partial charge in [0.2, 0.25) is 5.91 Å². The third-order valence-electron chi connectivity index (χ3n) is 2.52. The minimum absolute atomic E-state index is 0. The molecule has 0 saturated carbocycles. The monoisotopic (exact) mass is 341 g/mol. The van der Waals surface area contributed by atoms with Crippen molar-refractivity contribution in [3.8, 4) is 0 Å². The first-order valence-corrected chi connectivity index (χ1v) is 6.98. The summed E-state index contributed by atoms with van der Waals surface area (Å²) in [6.45, 7) is 10.6. The van der Waals surface area contributed by atoms with Crippen LogP contribution in [0.5, 0.6) is 0 Å². The van der Waals surface area contributed by atoms with Crippen molar-refractivity contribution in [3.05, 3.63) is 16.1 Å². The van der Waals surface area contributed by atoms with Crippen molar-refractivity contribution in [3.63, 3.8) is 0 Å². The molecule has 1 heterocycles. The highest BCUT2D eigenvalue weighted by Gasteiger charge is 2.21. The van der Waals surface area contributed by atoms with Gasteiger partial charge in [-0.2, -0.15) is 0 Å². The molecular formula is C13H25Cl2N3OS. The molecule has 1 aromatic rings. The lowest BCUT2D eigenvalue weighted by molar-refractivity contribution is -0.121. The molecule has 0 radical (unpaired) electrons. The molecule has 118 valence electrons. The van der Waals surface area contributed by atoms with E-state index in [1.54, 1.807) is 11.3 Å². The average molecular weight is 342 g/mol. The maximum absolute atomic E-state index is 11.8. The summed E-state index contributed by atoms with van der Waals surface area (Å²) in [4.78, 5) is 16.3. The van der Waals surface area contributed by atoms with Crippen molar-refractivity contribution in [1.29, 1.82) is 0 Å². The third-order valence-corrected chi connectivity index (χ3v) is 3.84. The van der Waals surface area contributed by atoms with Crippen LogP contribution in [0.2, 0.25) is 0 Å². The quantitative estimate of drug-likeness (QED) is 0.884. The molecule has 0 saturated heterocycles. The summed E-state index contributed by atoms with van der Waals surface area (Å²) >= 11 is 1.61. The van der Waals surface area contributed by atoms with Crippen LogP contribution in [0.25, 0.3) is 0 Å². The van der Waals surface area contributed by atoms with Gasteiger partial charge in [0, 0.05) is 22.9 Å². The normalized spacial score (nSPS) is 11.3. The predicted octanol–water partition coefficient (Wildman–Crippen LogP) is 2.68. The van der Waals surface area contributed by atoms with E-state index in [1.165, 1.54) is 0 Å². The van der Waals surface area contributed by atoms with E-state index in [0.29, 0.717) is 13.0 Å². The Morgan fingerprint density at radius 1 is 1.30 bits per heavy atom. The number of aromatic nitrogens is 1. The molecule has 1 amide bonds. The minimum atomic E-state index is -0.361. The molecule has 1 aromatic heterocycles. The smallest absolute Gasteiger partial charge is 0.226 e. The number of hydrogen-bond donors (Lipinski definition) is 2. The molecular weight excluding hydrogens is 317 g/mol. The van der Waals surface area contributed by atoms with E-state index in [2.05, 4.69) is 31.1 Å². The lowest BCUT2D eigenvalue weighted by atomic mass is 9.98. The second-order valence-corrected chi connectivity index (χ2v) is 7.07. The number of carbonyl (C=O) groups is 1. The largest absolute Gasteiger partial charge is 0.350 e. The van der Waals surface area contributed by atoms with Crippen LogP contribution in [0.4, 0.5) is 0 Å². The topological polar surface area (TPSA) is 68.0 Å². The number of nitrogens with zero attached hydrogens (tertiary/aromatic N) is 1. The first kappa shape index (κ1) is 21.9. The zero-order valence-electron chi connectivity index (χ0n) is 12.6. The minimum Gasteiger partial charge on any atom is -0.350 e. The van der Waals surface area contributed by atoms with Gasteiger partial charge >= 0.3 is 0 Å². The summed E-state index contributed by atoms with van der Waals surface area (Å²) in [5.74, 6) is -0.0313. The number of hydrogen-bond acceptors (Lipinski definition) is 4. The Balaban J connectivity index is 0. The van der Waals surface area contributed by atoms with Crippen LogP contribution in [-0.2, 0) is 16.6 Å². The maximum Gasteiger partial charge on any atom is 0.226 e. The lowest BCUT2D eigenvalue weighted by Crippen LogP contribution is -2.49. The Kier molecular flexibility index (Phi) is 8.96. The molecule has 0 atom stereocenters. The second-order valence-electron chi connectivity index (χ2n) is 6.21. The van der Waals surface area contributed by atoms with Crippen LogP contribution in [0.3, 0.4) is 0 Å². The zero-order valence-corrected chi connectivity index (χ0v) is 15.1. The fourth-order valence-electron chi connectivity index (χ4n) is 1.37. The van der Waals surface area contributed by atoms with Crippen LogP contribution in [0.15, 0.2) is 5.38 Å². The summed E-state index contributed by atoms with van der Waals surface area (Å²) in [7, 11) is 0. The van der Waals surface area contributed by atoms with Gasteiger partial charge in [-0.15, -0.1) is 36.2 Å². The van der Waals surface area contributed by atoms with Crippen LogP contribution in [0, 0.1) is 0 Å². The summed E-state index contributed by atoms with van der Waals surface area (Å²) in [6, 6.07) is 0. The fourth-order valence-corrected chi connectivity index (χ4v) is 2.28. The number of rotatable bonds is 4. The molecule has 0 fully saturated rings. The molecule has 7 heteroatoms. The van der Waals surface area contributed by atoms with Crippen molar-refractivity contribution in [2.75, 3.05) is 6.54 Å². The van der Waals surface area contributed by atoms with Crippen LogP contribution in [0.1, 0.15) is 45.3 Å². The van der Waals surface area contributed by atoms with Gasteiger partial charge in [-0.3, -0.25) is 4.79 Å². The molecule has 0 bridgehead atoms. The molecule has 0 spiro atoms. The summed E-state index contributed by atoms with van der Waals surface area (Å²) < 4.78 is 0. The predicted molar refractivity (Wildman–Crippen MR) is 90.3 cm³/mol. The van der Waals surface area contributed by atoms with Gasteiger partial charge in [-0.05, 0) is 13.8 Å². The Bertz CT molecular complexity index is 427. The van der Waals surface area contributed by atoms with Gasteiger partial charge in [-0.1, -0.05) is 20.8 Å². The van der Waals surface area contributed by atoms with E-state index in [0.717, 1.165) is 10.7 Å². The highest BCUT2D eigenvalue weighted by atomic mass is 35.5. The highest BCUT2D eigenvalue weighted by molar-refractivity contribution is 7.09. The second kappa shape index (κ2) is 8.17. The fraction of sp³-hybridized carbons (Fsp3) is 0.692. The summed E-state index contributed by atoms with van der Waals surface area (Å²) in [5, 5.41) is 5.92. The van der Waals surface area contributed by atoms with Gasteiger partial charge in [-0.25, -0.2) is 4.98 Å². The van der Waals surface area contributed by atoms with Crippen molar-refractivity contribution in [1.82, 2.24) is 10.3 Å². The Hall–Kier alpha value is -0.360. The van der Waals surface area contributed by atoms with E-state index < -0.39 is 0 Å². The number of nitrogens with two attached hydrogens (primary N) is 1. The molecule has 0 unspecified atom stereocenters. The number of nitrogens with one attached hydrogen (secondary N) is 1. The van der Waals surface area contributed by atoms with E-state index in [4.69, 9.17) is 5.73 Å². The zero-order chi connectivity index (χ0) is 14.0. The first-order valence-electron chi connectivity index (χ1n) is 6.10. The van der Waals surface area contributed by atoms with E-state index in [-0.39, 0.29) is 41.7 Å². The van der Waals surface area contributed by atoms with Gasteiger partial charge in [0.15, 0.2) is 0 Å². The molecule has 20 heavy (non-hydrogen) atoms. The van der Waals surface area contributed by atoms with Gasteiger partial charge in [0.25, 0.3) is 0 Å². The molecule has 1 rings (SSSR count). The number of thiazole rings is 1. The Labute approximate surface area is 137 Å². The van der Waals surface area contributed by atoms with Crippen molar-refractivity contribution < 1.29 is 4.79 Å². The molecule has 0 aromatic carbocycles. The van der Waals surface area contributed by atoms with Crippen LogP contribution in [-0.4, -0.2) is 23.0 Å². The van der Waals surface area contributed by atoms with Gasteiger partial charge < -0.3 is 11.1 Å². The first-order chi connectivity index (χ1) is 8.14. The molecule has 0 aliphatic heterocycles. The molecule has 0 aliphatic rings. The highest BCUT2D eigenvalue weighted by Crippen LogP contribution is 2.25. The van der Waals surface area contributed by atoms with Crippen LogP contribution < -0.4 is 11.1 Å². The maximum atomic E-state index is 11.8. The SMILES string of the molecule is CC(C)(CN)NC(=O)Cc1csc(C(C)(C)C)n1.Cl.Cl. The van der Waals surface area contributed by atoms with Crippen molar-refractivity contribution in [2.24, 2.45) is 5.73 Å². The third kappa shape index (κ3) is 6.88. The number of carbonyl (C=O) groups excluding carboxylic acids is 1. The van der Waals surface area contributed by atoms with Gasteiger partial charge in [0.1, 0.15) is 0 Å². The summed E-state index contributed by atoms with van der Waals surface area (Å²) in [6.07, 6.45) is 0.315. The van der Waals surface area contributed by atoms with E-state index >= 15 is 0 Å². The van der Waals surface area contributed by atoms with Gasteiger partial charge in [0.05, 0.1) is 17.1 Å². The van der Waals surface area contributed by atoms with Crippen molar-refractivity contribution >= 4 is 42.1 Å².